The van der Waals surface area contributed by atoms with Gasteiger partial charge in [0.25, 0.3) is 0 Å². The average molecular weight is 491 g/mol. The Balaban J connectivity index is 1.24. The number of aryl methyl sites for hydroxylation is 1. The van der Waals surface area contributed by atoms with Crippen LogP contribution in [0.5, 0.6) is 5.75 Å². The quantitative estimate of drug-likeness (QED) is 0.277. The van der Waals surface area contributed by atoms with Crippen molar-refractivity contribution < 1.29 is 19.1 Å². The number of rotatable bonds is 5. The smallest absolute Gasteiger partial charge is 0.343 e. The molecular weight excluding hydrogens is 460 g/mol. The molecule has 0 radical (unpaired) electrons. The molecule has 6 rings (SSSR count). The van der Waals surface area contributed by atoms with Gasteiger partial charge >= 0.3 is 11.9 Å². The molecule has 4 nitrogen and oxygen atoms in total. The van der Waals surface area contributed by atoms with Crippen LogP contribution in [0.25, 0.3) is 5.57 Å². The summed E-state index contributed by atoms with van der Waals surface area (Å²) in [6, 6.07) is 24.4. The Morgan fingerprint density at radius 3 is 2.24 bits per heavy atom. The zero-order valence-electron chi connectivity index (χ0n) is 21.0. The lowest BCUT2D eigenvalue weighted by Crippen LogP contribution is -2.39. The molecule has 3 aliphatic rings. The molecule has 0 fully saturated rings. The average Bonchev–Trinajstić information content (AvgIpc) is 3.32. The molecular formula is C33H30O4. The molecule has 0 unspecified atom stereocenters. The highest BCUT2D eigenvalue weighted by Crippen LogP contribution is 2.58. The highest BCUT2D eigenvalue weighted by Gasteiger charge is 2.50. The molecule has 0 N–H and O–H groups in total. The van der Waals surface area contributed by atoms with E-state index in [4.69, 9.17) is 9.47 Å². The maximum atomic E-state index is 12.9. The summed E-state index contributed by atoms with van der Waals surface area (Å²) < 4.78 is 11.8. The van der Waals surface area contributed by atoms with E-state index in [1.54, 1.807) is 12.1 Å². The highest BCUT2D eigenvalue weighted by molar-refractivity contribution is 5.91. The molecule has 0 bridgehead atoms. The molecule has 0 aliphatic heterocycles. The summed E-state index contributed by atoms with van der Waals surface area (Å²) in [4.78, 5) is 25.4. The van der Waals surface area contributed by atoms with E-state index in [0.29, 0.717) is 16.9 Å². The van der Waals surface area contributed by atoms with Gasteiger partial charge in [-0.05, 0) is 96.3 Å². The third kappa shape index (κ3) is 4.11. The summed E-state index contributed by atoms with van der Waals surface area (Å²) in [6.45, 7) is 2.22. The van der Waals surface area contributed by atoms with Gasteiger partial charge in [0.05, 0.1) is 11.1 Å². The zero-order valence-corrected chi connectivity index (χ0v) is 21.0. The van der Waals surface area contributed by atoms with E-state index in [1.807, 2.05) is 60.7 Å². The molecule has 0 heterocycles. The van der Waals surface area contributed by atoms with E-state index in [0.717, 1.165) is 38.5 Å². The summed E-state index contributed by atoms with van der Waals surface area (Å²) in [6.07, 6.45) is 7.67. The van der Waals surface area contributed by atoms with Crippen molar-refractivity contribution in [3.63, 3.8) is 0 Å². The third-order valence-electron chi connectivity index (χ3n) is 8.36. The Hall–Kier alpha value is -3.92. The number of esters is 2. The summed E-state index contributed by atoms with van der Waals surface area (Å²) in [5.74, 6) is 0.0108. The Morgan fingerprint density at radius 1 is 0.838 bits per heavy atom. The Labute approximate surface area is 217 Å². The number of fused-ring (bicyclic) bond motifs is 4. The van der Waals surface area contributed by atoms with Crippen molar-refractivity contribution in [1.82, 2.24) is 0 Å². The van der Waals surface area contributed by atoms with Gasteiger partial charge in [-0.3, -0.25) is 0 Å². The molecule has 0 spiro atoms. The van der Waals surface area contributed by atoms with Crippen molar-refractivity contribution in [2.24, 2.45) is 5.41 Å². The van der Waals surface area contributed by atoms with Crippen molar-refractivity contribution in [3.8, 4) is 5.75 Å². The molecule has 3 aliphatic carbocycles. The van der Waals surface area contributed by atoms with Gasteiger partial charge in [-0.25, -0.2) is 9.59 Å². The van der Waals surface area contributed by atoms with Crippen LogP contribution in [0.3, 0.4) is 0 Å². The number of hydrogen-bond donors (Lipinski definition) is 0. The first-order valence-electron chi connectivity index (χ1n) is 13.2. The summed E-state index contributed by atoms with van der Waals surface area (Å²) in [7, 11) is 0. The fraction of sp³-hybridized carbons (Fsp3) is 0.273. The van der Waals surface area contributed by atoms with Crippen LogP contribution < -0.4 is 4.74 Å². The maximum Gasteiger partial charge on any atom is 0.343 e. The standard InChI is InChI=1S/C33H30O4/c1-2-33-20-19-27-26-16-14-25(36-31(34)22-9-5-3-6-10-22)21-24(26)13-15-28(27)29(33)17-18-30(33)37-32(35)23-11-7-4-8-12-23/h3-12,14,16-17,21,30H,2,13,15,18-20H2,1H3/t30-,33-/m0/s1. The first kappa shape index (κ1) is 23.5. The fourth-order valence-corrected chi connectivity index (χ4v) is 6.45. The molecule has 0 saturated carbocycles. The monoisotopic (exact) mass is 490 g/mol. The molecule has 3 aromatic carbocycles. The van der Waals surface area contributed by atoms with Crippen LogP contribution >= 0.6 is 0 Å². The Morgan fingerprint density at radius 2 is 1.54 bits per heavy atom. The first-order valence-corrected chi connectivity index (χ1v) is 13.2. The zero-order chi connectivity index (χ0) is 25.4. The molecule has 4 heteroatoms. The third-order valence-corrected chi connectivity index (χ3v) is 8.36. The summed E-state index contributed by atoms with van der Waals surface area (Å²) in [5.41, 5.74) is 7.72. The second-order valence-electron chi connectivity index (χ2n) is 10.2. The molecule has 0 saturated heterocycles. The van der Waals surface area contributed by atoms with E-state index >= 15 is 0 Å². The predicted octanol–water partition coefficient (Wildman–Crippen LogP) is 7.35. The SMILES string of the molecule is CC[C@]12CCC3=C(CCc4cc(OC(=O)c5ccccc5)ccc43)C1=CC[C@@H]2OC(=O)c1ccccc1. The largest absolute Gasteiger partial charge is 0.458 e. The van der Waals surface area contributed by atoms with Crippen LogP contribution in [0.2, 0.25) is 0 Å². The van der Waals surface area contributed by atoms with Crippen molar-refractivity contribution in [2.75, 3.05) is 0 Å². The van der Waals surface area contributed by atoms with E-state index in [1.165, 1.54) is 27.8 Å². The van der Waals surface area contributed by atoms with Crippen LogP contribution in [0.4, 0.5) is 0 Å². The van der Waals surface area contributed by atoms with Crippen LogP contribution in [0.15, 0.2) is 96.1 Å². The van der Waals surface area contributed by atoms with Gasteiger partial charge in [0.15, 0.2) is 0 Å². The topological polar surface area (TPSA) is 52.6 Å². The minimum atomic E-state index is -0.339. The number of allylic oxidation sites excluding steroid dienone is 2. The number of carbonyl (C=O) groups excluding carboxylic acids is 2. The minimum Gasteiger partial charge on any atom is -0.458 e. The van der Waals surface area contributed by atoms with E-state index in [9.17, 15) is 9.59 Å². The molecule has 37 heavy (non-hydrogen) atoms. The summed E-state index contributed by atoms with van der Waals surface area (Å²) >= 11 is 0. The van der Waals surface area contributed by atoms with E-state index in [-0.39, 0.29) is 23.5 Å². The Kier molecular flexibility index (Phi) is 6.03. The van der Waals surface area contributed by atoms with Crippen LogP contribution in [-0.2, 0) is 11.2 Å². The van der Waals surface area contributed by atoms with Crippen molar-refractivity contribution >= 4 is 17.5 Å². The fourth-order valence-electron chi connectivity index (χ4n) is 6.45. The van der Waals surface area contributed by atoms with E-state index < -0.39 is 0 Å². The lowest BCUT2D eigenvalue weighted by Gasteiger charge is -2.43. The Bertz CT molecular complexity index is 1420. The van der Waals surface area contributed by atoms with Gasteiger partial charge in [-0.15, -0.1) is 0 Å². The van der Waals surface area contributed by atoms with Crippen LogP contribution in [0, 0.1) is 5.41 Å². The second-order valence-corrected chi connectivity index (χ2v) is 10.2. The van der Waals surface area contributed by atoms with Crippen LogP contribution in [0.1, 0.15) is 70.9 Å². The van der Waals surface area contributed by atoms with Crippen molar-refractivity contribution in [3.05, 3.63) is 118 Å². The molecule has 2 atom stereocenters. The highest BCUT2D eigenvalue weighted by atomic mass is 16.5. The second kappa shape index (κ2) is 9.51. The lowest BCUT2D eigenvalue weighted by molar-refractivity contribution is -0.00374. The minimum absolute atomic E-state index is 0.119. The summed E-state index contributed by atoms with van der Waals surface area (Å²) in [5, 5.41) is 0. The van der Waals surface area contributed by atoms with Crippen molar-refractivity contribution in [1.29, 1.82) is 0 Å². The van der Waals surface area contributed by atoms with Gasteiger partial charge in [0, 0.05) is 11.8 Å². The number of carbonyl (C=O) groups is 2. The molecule has 0 amide bonds. The first-order chi connectivity index (χ1) is 18.1. The van der Waals surface area contributed by atoms with Crippen molar-refractivity contribution in [2.45, 2.75) is 51.6 Å². The van der Waals surface area contributed by atoms with Crippen LogP contribution in [-0.4, -0.2) is 18.0 Å². The number of benzene rings is 3. The molecule has 186 valence electrons. The van der Waals surface area contributed by atoms with Gasteiger partial charge in [-0.2, -0.15) is 0 Å². The number of ether oxygens (including phenoxy) is 2. The van der Waals surface area contributed by atoms with E-state index in [2.05, 4.69) is 19.1 Å². The van der Waals surface area contributed by atoms with Gasteiger partial charge in [0.2, 0.25) is 0 Å². The number of hydrogen-bond acceptors (Lipinski definition) is 4. The normalized spacial score (nSPS) is 21.9. The predicted molar refractivity (Wildman–Crippen MR) is 143 cm³/mol. The van der Waals surface area contributed by atoms with Gasteiger partial charge < -0.3 is 9.47 Å². The van der Waals surface area contributed by atoms with Gasteiger partial charge in [-0.1, -0.05) is 55.5 Å². The molecule has 3 aromatic rings. The maximum absolute atomic E-state index is 12.9. The molecule has 0 aromatic heterocycles. The van der Waals surface area contributed by atoms with Gasteiger partial charge in [0.1, 0.15) is 11.9 Å². The lowest BCUT2D eigenvalue weighted by atomic mass is 9.63.